The van der Waals surface area contributed by atoms with E-state index in [1.165, 1.54) is 27.6 Å². The number of piperazine rings is 1. The van der Waals surface area contributed by atoms with Crippen molar-refractivity contribution in [2.75, 3.05) is 24.6 Å². The van der Waals surface area contributed by atoms with Gasteiger partial charge in [-0.25, -0.2) is 23.4 Å². The van der Waals surface area contributed by atoms with Crippen molar-refractivity contribution in [3.05, 3.63) is 59.2 Å². The summed E-state index contributed by atoms with van der Waals surface area (Å²) in [5.41, 5.74) is 1.00. The van der Waals surface area contributed by atoms with Gasteiger partial charge in [0, 0.05) is 37.4 Å². The van der Waals surface area contributed by atoms with Gasteiger partial charge in [0.05, 0.1) is 23.8 Å². The molecule has 0 aromatic carbocycles. The number of fused-ring (bicyclic) bond motifs is 5. The zero-order valence-electron chi connectivity index (χ0n) is 23.3. The lowest BCUT2D eigenvalue weighted by Gasteiger charge is -2.44. The van der Waals surface area contributed by atoms with Crippen LogP contribution in [-0.2, 0) is 11.3 Å². The Hall–Kier alpha value is -4.68. The molecule has 0 saturated carbocycles. The number of pyridine rings is 2. The first-order valence-corrected chi connectivity index (χ1v) is 13.5. The molecule has 2 atom stereocenters. The summed E-state index contributed by atoms with van der Waals surface area (Å²) in [4.78, 5) is 44.0. The van der Waals surface area contributed by atoms with Crippen LogP contribution in [0, 0.1) is 5.82 Å². The van der Waals surface area contributed by atoms with Gasteiger partial charge in [0.2, 0.25) is 5.91 Å². The quantitative estimate of drug-likeness (QED) is 0.349. The van der Waals surface area contributed by atoms with Crippen molar-refractivity contribution in [2.45, 2.75) is 52.2 Å². The fourth-order valence-corrected chi connectivity index (χ4v) is 5.62. The zero-order valence-corrected chi connectivity index (χ0v) is 23.3. The van der Waals surface area contributed by atoms with Crippen LogP contribution in [0.3, 0.4) is 0 Å². The lowest BCUT2D eigenvalue weighted by molar-refractivity contribution is -0.128. The highest BCUT2D eigenvalue weighted by Gasteiger charge is 2.34. The molecule has 41 heavy (non-hydrogen) atoms. The van der Waals surface area contributed by atoms with Crippen LogP contribution in [0.25, 0.3) is 28.1 Å². The molecule has 1 fully saturated rings. The Balaban J connectivity index is 1.66. The number of amides is 1. The maximum Gasteiger partial charge on any atom is 0.356 e. The Morgan fingerprint density at radius 3 is 2.78 bits per heavy atom. The summed E-state index contributed by atoms with van der Waals surface area (Å²) in [7, 11) is 0. The molecule has 6 rings (SSSR count). The summed E-state index contributed by atoms with van der Waals surface area (Å²) in [6.07, 6.45) is 4.36. The molecule has 1 saturated heterocycles. The minimum Gasteiger partial charge on any atom is -0.489 e. The topological polar surface area (TPSA) is 124 Å². The average molecular weight is 560 g/mol. The van der Waals surface area contributed by atoms with Crippen LogP contribution in [0.5, 0.6) is 5.75 Å². The van der Waals surface area contributed by atoms with E-state index in [0.29, 0.717) is 47.1 Å². The van der Waals surface area contributed by atoms with Crippen LogP contribution >= 0.6 is 0 Å². The number of nitrogens with zero attached hydrogens (tertiary/aromatic N) is 9. The van der Waals surface area contributed by atoms with Gasteiger partial charge in [-0.1, -0.05) is 25.6 Å². The summed E-state index contributed by atoms with van der Waals surface area (Å²) in [5, 5.41) is 8.40. The number of carbonyl (C=O) groups is 1. The predicted molar refractivity (Wildman–Crippen MR) is 150 cm³/mol. The average Bonchev–Trinajstić information content (AvgIpc) is 3.40. The van der Waals surface area contributed by atoms with Crippen molar-refractivity contribution in [3.8, 4) is 22.8 Å². The van der Waals surface area contributed by atoms with E-state index >= 15 is 4.39 Å². The minimum atomic E-state index is -0.605. The highest BCUT2D eigenvalue weighted by Crippen LogP contribution is 2.36. The monoisotopic (exact) mass is 559 g/mol. The fraction of sp³-hybridized carbons (Fsp3) is 0.393. The summed E-state index contributed by atoms with van der Waals surface area (Å²) in [6.45, 7) is 12.6. The van der Waals surface area contributed by atoms with Crippen LogP contribution in [0.4, 0.5) is 10.2 Å². The third-order valence-electron chi connectivity index (χ3n) is 7.62. The van der Waals surface area contributed by atoms with E-state index in [0.717, 1.165) is 0 Å². The van der Waals surface area contributed by atoms with Gasteiger partial charge in [-0.15, -0.1) is 5.10 Å². The van der Waals surface area contributed by atoms with Crippen molar-refractivity contribution < 1.29 is 13.9 Å². The molecule has 2 aliphatic rings. The number of anilines is 1. The molecule has 2 unspecified atom stereocenters. The Morgan fingerprint density at radius 2 is 2.02 bits per heavy atom. The van der Waals surface area contributed by atoms with Crippen LogP contribution in [-0.4, -0.2) is 77.1 Å². The Kier molecular flexibility index (Phi) is 6.51. The highest BCUT2D eigenvalue weighted by molar-refractivity contribution is 5.91. The smallest absolute Gasteiger partial charge is 0.356 e. The standard InChI is InChI=1S/C28H30FN9O3/c1-6-22(39)35-13-17(5)36(14-16(35)4)26-18-11-19(29)24-20-12-31-34-37(20)9-10-41-21-7-8-30-23(15(2)3)25(21)38(27(18)32-24)28(40)33-26/h6-8,11-12,15-17H,1,9-10,13-14H2,2-5H3. The summed E-state index contributed by atoms with van der Waals surface area (Å²) in [6, 6.07) is 2.63. The molecular weight excluding hydrogens is 529 g/mol. The van der Waals surface area contributed by atoms with Gasteiger partial charge < -0.3 is 14.5 Å². The Bertz CT molecular complexity index is 1750. The molecule has 0 spiro atoms. The highest BCUT2D eigenvalue weighted by atomic mass is 19.1. The van der Waals surface area contributed by atoms with E-state index in [2.05, 4.69) is 26.9 Å². The molecule has 4 aromatic rings. The first-order valence-electron chi connectivity index (χ1n) is 13.5. The summed E-state index contributed by atoms with van der Waals surface area (Å²) >= 11 is 0. The zero-order chi connectivity index (χ0) is 29.0. The van der Waals surface area contributed by atoms with Gasteiger partial charge in [-0.05, 0) is 31.9 Å². The first kappa shape index (κ1) is 26.5. The molecule has 2 bridgehead atoms. The van der Waals surface area contributed by atoms with Gasteiger partial charge in [0.1, 0.15) is 35.2 Å². The van der Waals surface area contributed by atoms with E-state index < -0.39 is 11.5 Å². The predicted octanol–water partition coefficient (Wildman–Crippen LogP) is 2.70. The number of ether oxygens (including phenoxy) is 1. The second-order valence-electron chi connectivity index (χ2n) is 10.7. The molecular formula is C28H30FN9O3. The van der Waals surface area contributed by atoms with E-state index in [4.69, 9.17) is 9.72 Å². The fourth-order valence-electron chi connectivity index (χ4n) is 5.62. The molecule has 1 amide bonds. The lowest BCUT2D eigenvalue weighted by Crippen LogP contribution is -2.58. The van der Waals surface area contributed by atoms with Gasteiger partial charge in [-0.2, -0.15) is 4.98 Å². The van der Waals surface area contributed by atoms with Crippen molar-refractivity contribution >= 4 is 22.8 Å². The van der Waals surface area contributed by atoms with Crippen LogP contribution < -0.4 is 15.3 Å². The number of rotatable bonds is 3. The Morgan fingerprint density at radius 1 is 1.22 bits per heavy atom. The number of hydrogen-bond donors (Lipinski definition) is 0. The molecule has 12 nitrogen and oxygen atoms in total. The van der Waals surface area contributed by atoms with Crippen molar-refractivity contribution in [1.82, 2.24) is 39.4 Å². The summed E-state index contributed by atoms with van der Waals surface area (Å²) in [5.74, 6) is -0.127. The largest absolute Gasteiger partial charge is 0.489 e. The SMILES string of the molecule is C=CC(=O)N1CC(C)N(c2nc(=O)n3c4nc(c(F)cc24)-c2cnnn2CCOc2ccnc(C(C)C)c2-3)CC1C. The van der Waals surface area contributed by atoms with Crippen LogP contribution in [0.1, 0.15) is 39.3 Å². The van der Waals surface area contributed by atoms with Crippen molar-refractivity contribution in [3.63, 3.8) is 0 Å². The molecule has 13 heteroatoms. The molecule has 2 aliphatic heterocycles. The van der Waals surface area contributed by atoms with E-state index in [1.807, 2.05) is 32.6 Å². The van der Waals surface area contributed by atoms with Crippen molar-refractivity contribution in [2.24, 2.45) is 0 Å². The maximum absolute atomic E-state index is 15.9. The van der Waals surface area contributed by atoms with E-state index in [-0.39, 0.29) is 48.4 Å². The van der Waals surface area contributed by atoms with Crippen molar-refractivity contribution in [1.29, 1.82) is 0 Å². The second-order valence-corrected chi connectivity index (χ2v) is 10.7. The molecule has 4 aromatic heterocycles. The normalized spacial score (nSPS) is 18.6. The molecule has 0 aliphatic carbocycles. The molecule has 6 heterocycles. The maximum atomic E-state index is 15.9. The summed E-state index contributed by atoms with van der Waals surface area (Å²) < 4.78 is 25.0. The van der Waals surface area contributed by atoms with Crippen LogP contribution in [0.15, 0.2) is 42.0 Å². The number of hydrogen-bond acceptors (Lipinski definition) is 9. The number of aromatic nitrogens is 7. The number of halogens is 1. The molecule has 0 radical (unpaired) electrons. The van der Waals surface area contributed by atoms with Gasteiger partial charge in [0.15, 0.2) is 11.5 Å². The second kappa shape index (κ2) is 10.1. The van der Waals surface area contributed by atoms with Gasteiger partial charge >= 0.3 is 5.69 Å². The Labute approximate surface area is 235 Å². The van der Waals surface area contributed by atoms with Gasteiger partial charge in [-0.3, -0.25) is 9.78 Å². The molecule has 0 N–H and O–H groups in total. The van der Waals surface area contributed by atoms with E-state index in [1.54, 1.807) is 17.2 Å². The minimum absolute atomic E-state index is 0.00838. The molecule has 212 valence electrons. The number of carbonyl (C=O) groups excluding carboxylic acids is 1. The van der Waals surface area contributed by atoms with Crippen LogP contribution in [0.2, 0.25) is 0 Å². The van der Waals surface area contributed by atoms with Gasteiger partial charge in [0.25, 0.3) is 0 Å². The van der Waals surface area contributed by atoms with E-state index in [9.17, 15) is 9.59 Å². The third kappa shape index (κ3) is 4.32. The lowest BCUT2D eigenvalue weighted by atomic mass is 10.1. The first-order chi connectivity index (χ1) is 19.7. The third-order valence-corrected chi connectivity index (χ3v) is 7.62.